The number of hydrogen-bond donors (Lipinski definition) is 0. The maximum atomic E-state index is 12.9. The first-order valence-electron chi connectivity index (χ1n) is 8.81. The number of para-hydroxylation sites is 1. The standard InChI is InChI=1S/C21H18N4O3/c1-3-12-24-20(26)16-6-4-5-7-17(16)25(21(24)27)13-18-22-19(23-28-18)15-10-8-14(2)9-11-15/h3-11H,1,12-13H2,2H3. The van der Waals surface area contributed by atoms with E-state index in [-0.39, 0.29) is 24.5 Å². The molecule has 140 valence electrons. The van der Waals surface area contributed by atoms with Crippen molar-refractivity contribution in [1.29, 1.82) is 0 Å². The van der Waals surface area contributed by atoms with Crippen molar-refractivity contribution in [1.82, 2.24) is 19.3 Å². The van der Waals surface area contributed by atoms with E-state index >= 15 is 0 Å². The minimum absolute atomic E-state index is 0.0651. The molecule has 4 rings (SSSR count). The van der Waals surface area contributed by atoms with Crippen molar-refractivity contribution in [2.75, 3.05) is 0 Å². The van der Waals surface area contributed by atoms with Crippen molar-refractivity contribution in [3.8, 4) is 11.4 Å². The average Bonchev–Trinajstić information content (AvgIpc) is 3.18. The van der Waals surface area contributed by atoms with Crippen LogP contribution in [-0.2, 0) is 13.1 Å². The predicted molar refractivity (Wildman–Crippen MR) is 106 cm³/mol. The van der Waals surface area contributed by atoms with Gasteiger partial charge in [-0.1, -0.05) is 53.2 Å². The van der Waals surface area contributed by atoms with E-state index in [0.29, 0.717) is 16.7 Å². The molecule has 2 aromatic carbocycles. The molecule has 0 atom stereocenters. The van der Waals surface area contributed by atoms with Crippen molar-refractivity contribution >= 4 is 10.9 Å². The van der Waals surface area contributed by atoms with E-state index in [1.165, 1.54) is 10.6 Å². The number of allylic oxidation sites excluding steroid dienone is 1. The summed E-state index contributed by atoms with van der Waals surface area (Å²) in [5.74, 6) is 0.735. The fourth-order valence-electron chi connectivity index (χ4n) is 3.09. The summed E-state index contributed by atoms with van der Waals surface area (Å²) in [6.07, 6.45) is 1.52. The summed E-state index contributed by atoms with van der Waals surface area (Å²) in [5.41, 5.74) is 1.69. The second-order valence-electron chi connectivity index (χ2n) is 6.47. The first-order chi connectivity index (χ1) is 13.6. The highest BCUT2D eigenvalue weighted by Crippen LogP contribution is 2.17. The molecule has 0 saturated heterocycles. The SMILES string of the molecule is C=CCn1c(=O)c2ccccc2n(Cc2nc(-c3ccc(C)cc3)no2)c1=O. The molecule has 0 aliphatic carbocycles. The number of hydrogen-bond acceptors (Lipinski definition) is 5. The third-order valence-electron chi connectivity index (χ3n) is 4.52. The molecule has 0 fully saturated rings. The first-order valence-corrected chi connectivity index (χ1v) is 8.81. The molecule has 7 heteroatoms. The first kappa shape index (κ1) is 17.7. The highest BCUT2D eigenvalue weighted by atomic mass is 16.5. The van der Waals surface area contributed by atoms with Crippen LogP contribution in [0.3, 0.4) is 0 Å². The number of aromatic nitrogens is 4. The van der Waals surface area contributed by atoms with Gasteiger partial charge in [-0.05, 0) is 19.1 Å². The van der Waals surface area contributed by atoms with Crippen molar-refractivity contribution in [3.05, 3.63) is 93.5 Å². The van der Waals surface area contributed by atoms with Crippen LogP contribution in [0, 0.1) is 6.92 Å². The van der Waals surface area contributed by atoms with Crippen LogP contribution in [0.5, 0.6) is 0 Å². The maximum absolute atomic E-state index is 12.9. The molecule has 0 saturated carbocycles. The normalized spacial score (nSPS) is 11.0. The number of benzene rings is 2. The van der Waals surface area contributed by atoms with E-state index < -0.39 is 5.69 Å². The Morgan fingerprint density at radius 2 is 1.82 bits per heavy atom. The van der Waals surface area contributed by atoms with Crippen LogP contribution in [0.1, 0.15) is 11.5 Å². The molecule has 0 amide bonds. The van der Waals surface area contributed by atoms with Crippen LogP contribution >= 0.6 is 0 Å². The summed E-state index contributed by atoms with van der Waals surface area (Å²) in [6.45, 7) is 5.82. The van der Waals surface area contributed by atoms with Gasteiger partial charge in [0.2, 0.25) is 11.7 Å². The quantitative estimate of drug-likeness (QED) is 0.502. The van der Waals surface area contributed by atoms with Gasteiger partial charge < -0.3 is 4.52 Å². The zero-order chi connectivity index (χ0) is 19.7. The molecule has 0 aliphatic heterocycles. The Bertz CT molecular complexity index is 1280. The lowest BCUT2D eigenvalue weighted by atomic mass is 10.1. The van der Waals surface area contributed by atoms with Crippen LogP contribution in [0.4, 0.5) is 0 Å². The smallest absolute Gasteiger partial charge is 0.332 e. The van der Waals surface area contributed by atoms with Gasteiger partial charge in [0, 0.05) is 12.1 Å². The summed E-state index contributed by atoms with van der Waals surface area (Å²) in [7, 11) is 0. The highest BCUT2D eigenvalue weighted by Gasteiger charge is 2.15. The lowest BCUT2D eigenvalue weighted by Crippen LogP contribution is -2.40. The molecule has 2 aromatic heterocycles. The van der Waals surface area contributed by atoms with Gasteiger partial charge in [-0.2, -0.15) is 4.98 Å². The summed E-state index contributed by atoms with van der Waals surface area (Å²) >= 11 is 0. The second-order valence-corrected chi connectivity index (χ2v) is 6.47. The van der Waals surface area contributed by atoms with Gasteiger partial charge >= 0.3 is 5.69 Å². The molecule has 0 bridgehead atoms. The predicted octanol–water partition coefficient (Wildman–Crippen LogP) is 2.76. The number of rotatable bonds is 5. The van der Waals surface area contributed by atoms with Gasteiger partial charge in [0.1, 0.15) is 6.54 Å². The van der Waals surface area contributed by atoms with Gasteiger partial charge in [-0.15, -0.1) is 6.58 Å². The fourth-order valence-corrected chi connectivity index (χ4v) is 3.09. The molecule has 2 heterocycles. The lowest BCUT2D eigenvalue weighted by molar-refractivity contribution is 0.369. The van der Waals surface area contributed by atoms with E-state index in [0.717, 1.165) is 15.7 Å². The zero-order valence-corrected chi connectivity index (χ0v) is 15.3. The summed E-state index contributed by atoms with van der Waals surface area (Å²) in [6, 6.07) is 14.7. The Labute approximate surface area is 160 Å². The second kappa shape index (κ2) is 7.11. The highest BCUT2D eigenvalue weighted by molar-refractivity contribution is 5.77. The van der Waals surface area contributed by atoms with Crippen LogP contribution in [-0.4, -0.2) is 19.3 Å². The third-order valence-corrected chi connectivity index (χ3v) is 4.52. The third kappa shape index (κ3) is 3.07. The minimum atomic E-state index is -0.446. The van der Waals surface area contributed by atoms with Crippen LogP contribution in [0.25, 0.3) is 22.3 Å². The van der Waals surface area contributed by atoms with Gasteiger partial charge in [-0.3, -0.25) is 13.9 Å². The van der Waals surface area contributed by atoms with Crippen LogP contribution in [0.2, 0.25) is 0 Å². The van der Waals surface area contributed by atoms with E-state index in [4.69, 9.17) is 4.52 Å². The van der Waals surface area contributed by atoms with Gasteiger partial charge in [0.05, 0.1) is 10.9 Å². The van der Waals surface area contributed by atoms with Gasteiger partial charge in [-0.25, -0.2) is 4.79 Å². The molecular formula is C21H18N4O3. The minimum Gasteiger partial charge on any atom is -0.337 e. The van der Waals surface area contributed by atoms with E-state index in [2.05, 4.69) is 16.7 Å². The molecule has 0 aliphatic rings. The van der Waals surface area contributed by atoms with E-state index in [1.54, 1.807) is 24.3 Å². The molecule has 0 radical (unpaired) electrons. The Hall–Kier alpha value is -3.74. The topological polar surface area (TPSA) is 82.9 Å². The molecule has 0 N–H and O–H groups in total. The van der Waals surface area contributed by atoms with Gasteiger partial charge in [0.25, 0.3) is 5.56 Å². The Morgan fingerprint density at radius 1 is 1.07 bits per heavy atom. The van der Waals surface area contributed by atoms with Crippen LogP contribution in [0.15, 0.2) is 75.3 Å². The van der Waals surface area contributed by atoms with Crippen molar-refractivity contribution < 1.29 is 4.52 Å². The number of fused-ring (bicyclic) bond motifs is 1. The summed E-state index contributed by atoms with van der Waals surface area (Å²) in [5, 5.41) is 4.46. The lowest BCUT2D eigenvalue weighted by Gasteiger charge is -2.11. The fraction of sp³-hybridized carbons (Fsp3) is 0.143. The molecule has 7 nitrogen and oxygen atoms in total. The zero-order valence-electron chi connectivity index (χ0n) is 15.3. The molecular weight excluding hydrogens is 356 g/mol. The largest absolute Gasteiger partial charge is 0.337 e. The number of aryl methyl sites for hydroxylation is 1. The average molecular weight is 374 g/mol. The maximum Gasteiger partial charge on any atom is 0.332 e. The van der Waals surface area contributed by atoms with Crippen molar-refractivity contribution in [3.63, 3.8) is 0 Å². The van der Waals surface area contributed by atoms with Crippen molar-refractivity contribution in [2.24, 2.45) is 0 Å². The Balaban J connectivity index is 1.80. The summed E-state index contributed by atoms with van der Waals surface area (Å²) in [4.78, 5) is 29.9. The Kier molecular flexibility index (Phi) is 4.49. The Morgan fingerprint density at radius 3 is 2.57 bits per heavy atom. The molecule has 0 spiro atoms. The van der Waals surface area contributed by atoms with Crippen LogP contribution < -0.4 is 11.2 Å². The molecule has 0 unspecified atom stereocenters. The van der Waals surface area contributed by atoms with Crippen molar-refractivity contribution in [2.45, 2.75) is 20.0 Å². The summed E-state index contributed by atoms with van der Waals surface area (Å²) < 4.78 is 7.97. The monoisotopic (exact) mass is 374 g/mol. The molecule has 28 heavy (non-hydrogen) atoms. The number of nitrogens with zero attached hydrogens (tertiary/aromatic N) is 4. The van der Waals surface area contributed by atoms with E-state index in [9.17, 15) is 9.59 Å². The molecule has 4 aromatic rings. The van der Waals surface area contributed by atoms with Gasteiger partial charge in [0.15, 0.2) is 0 Å². The van der Waals surface area contributed by atoms with E-state index in [1.807, 2.05) is 31.2 Å².